The van der Waals surface area contributed by atoms with Gasteiger partial charge in [-0.1, -0.05) is 17.7 Å². The topological polar surface area (TPSA) is 72.6 Å². The van der Waals surface area contributed by atoms with Gasteiger partial charge in [0.05, 0.1) is 5.02 Å². The molecule has 0 bridgehead atoms. The van der Waals surface area contributed by atoms with Gasteiger partial charge in [-0.15, -0.1) is 13.2 Å². The predicted octanol–water partition coefficient (Wildman–Crippen LogP) is 2.32. The maximum atomic E-state index is 11.9. The minimum absolute atomic E-state index is 0.0806. The van der Waals surface area contributed by atoms with Crippen LogP contribution in [0.4, 0.5) is 13.2 Å². The lowest BCUT2D eigenvalue weighted by Gasteiger charge is -2.12. The Labute approximate surface area is 98.7 Å². The summed E-state index contributed by atoms with van der Waals surface area (Å²) in [5.41, 5.74) is 5.34. The van der Waals surface area contributed by atoms with Crippen LogP contribution < -0.4 is 10.5 Å². The maximum absolute atomic E-state index is 11.9. The Morgan fingerprint density at radius 1 is 1.47 bits per heavy atom. The van der Waals surface area contributed by atoms with Crippen molar-refractivity contribution in [2.45, 2.75) is 12.4 Å². The van der Waals surface area contributed by atoms with Gasteiger partial charge in [-0.2, -0.15) is 0 Å². The first kappa shape index (κ1) is 13.6. The van der Waals surface area contributed by atoms with Crippen LogP contribution in [0.2, 0.25) is 5.02 Å². The van der Waals surface area contributed by atoms with Crippen LogP contribution in [0.3, 0.4) is 0 Å². The molecule has 0 saturated carbocycles. The lowest BCUT2D eigenvalue weighted by molar-refractivity contribution is -0.274. The van der Waals surface area contributed by atoms with Crippen molar-refractivity contribution in [1.29, 1.82) is 0 Å². The van der Waals surface area contributed by atoms with Gasteiger partial charge in [0.25, 0.3) is 0 Å². The Kier molecular flexibility index (Phi) is 3.84. The molecule has 1 rings (SSSR count). The number of hydrogen-bond donors (Lipinski definition) is 2. The Morgan fingerprint density at radius 2 is 2.06 bits per heavy atom. The number of halogens is 4. The average Bonchev–Trinajstić information content (AvgIpc) is 2.18. The summed E-state index contributed by atoms with van der Waals surface area (Å²) in [6, 6.07) is 1.67. The van der Waals surface area contributed by atoms with E-state index in [9.17, 15) is 18.0 Å². The van der Waals surface area contributed by atoms with Crippen molar-refractivity contribution < 1.29 is 27.8 Å². The number of hydrogen-bond acceptors (Lipinski definition) is 3. The molecule has 0 aromatic heterocycles. The first-order chi connectivity index (χ1) is 7.70. The van der Waals surface area contributed by atoms with Crippen LogP contribution in [-0.2, 0) is 4.79 Å². The third kappa shape index (κ3) is 3.79. The second-order valence-electron chi connectivity index (χ2n) is 3.05. The molecule has 94 valence electrons. The highest BCUT2D eigenvalue weighted by molar-refractivity contribution is 6.32. The molecule has 0 spiro atoms. The monoisotopic (exact) mass is 269 g/mol. The highest BCUT2D eigenvalue weighted by Gasteiger charge is 2.32. The molecule has 1 aromatic carbocycles. The van der Waals surface area contributed by atoms with E-state index in [0.717, 1.165) is 18.2 Å². The van der Waals surface area contributed by atoms with Gasteiger partial charge in [0, 0.05) is 0 Å². The van der Waals surface area contributed by atoms with E-state index in [1.54, 1.807) is 0 Å². The number of alkyl halides is 3. The van der Waals surface area contributed by atoms with Crippen LogP contribution in [-0.4, -0.2) is 17.4 Å². The molecule has 17 heavy (non-hydrogen) atoms. The predicted molar refractivity (Wildman–Crippen MR) is 52.7 cm³/mol. The summed E-state index contributed by atoms with van der Waals surface area (Å²) in [6.07, 6.45) is -4.86. The van der Waals surface area contributed by atoms with Crippen LogP contribution in [0.1, 0.15) is 11.6 Å². The van der Waals surface area contributed by atoms with Crippen LogP contribution in [0, 0.1) is 0 Å². The molecule has 1 aromatic rings. The van der Waals surface area contributed by atoms with Crippen molar-refractivity contribution in [2.24, 2.45) is 5.73 Å². The fourth-order valence-corrected chi connectivity index (χ4v) is 1.29. The summed E-state index contributed by atoms with van der Waals surface area (Å²) in [7, 11) is 0. The van der Waals surface area contributed by atoms with Crippen molar-refractivity contribution >= 4 is 17.6 Å². The van der Waals surface area contributed by atoms with Crippen LogP contribution in [0.25, 0.3) is 0 Å². The lowest BCUT2D eigenvalue weighted by atomic mass is 10.1. The van der Waals surface area contributed by atoms with E-state index in [-0.39, 0.29) is 10.6 Å². The molecule has 3 N–H and O–H groups in total. The van der Waals surface area contributed by atoms with Gasteiger partial charge in [0.1, 0.15) is 11.8 Å². The van der Waals surface area contributed by atoms with Gasteiger partial charge in [-0.25, -0.2) is 0 Å². The zero-order valence-corrected chi connectivity index (χ0v) is 8.92. The fraction of sp³-hybridized carbons (Fsp3) is 0.222. The smallest absolute Gasteiger partial charge is 0.480 e. The van der Waals surface area contributed by atoms with E-state index in [2.05, 4.69) is 4.74 Å². The fourth-order valence-electron chi connectivity index (χ4n) is 1.06. The molecule has 1 atom stereocenters. The van der Waals surface area contributed by atoms with Crippen molar-refractivity contribution in [2.75, 3.05) is 0 Å². The Morgan fingerprint density at radius 3 is 2.47 bits per heavy atom. The Balaban J connectivity index is 2.98. The molecule has 0 fully saturated rings. The van der Waals surface area contributed by atoms with Crippen molar-refractivity contribution in [1.82, 2.24) is 0 Å². The Hall–Kier alpha value is -1.47. The minimum atomic E-state index is -4.86. The van der Waals surface area contributed by atoms with Crippen LogP contribution in [0.15, 0.2) is 18.2 Å². The normalized spacial score (nSPS) is 13.2. The second-order valence-corrected chi connectivity index (χ2v) is 3.46. The summed E-state index contributed by atoms with van der Waals surface area (Å²) < 4.78 is 39.3. The van der Waals surface area contributed by atoms with Gasteiger partial charge in [0.15, 0.2) is 0 Å². The van der Waals surface area contributed by atoms with Gasteiger partial charge in [-0.05, 0) is 17.7 Å². The van der Waals surface area contributed by atoms with Crippen LogP contribution >= 0.6 is 11.6 Å². The molecule has 1 unspecified atom stereocenters. The zero-order valence-electron chi connectivity index (χ0n) is 8.16. The zero-order chi connectivity index (χ0) is 13.2. The van der Waals surface area contributed by atoms with E-state index in [4.69, 9.17) is 22.4 Å². The van der Waals surface area contributed by atoms with Crippen molar-refractivity contribution in [3.63, 3.8) is 0 Å². The van der Waals surface area contributed by atoms with E-state index in [1.165, 1.54) is 0 Å². The van der Waals surface area contributed by atoms with E-state index in [1.807, 2.05) is 0 Å². The third-order valence-corrected chi connectivity index (χ3v) is 2.10. The number of carbonyl (C=O) groups is 1. The summed E-state index contributed by atoms with van der Waals surface area (Å²) >= 11 is 5.51. The largest absolute Gasteiger partial charge is 0.573 e. The minimum Gasteiger partial charge on any atom is -0.480 e. The van der Waals surface area contributed by atoms with E-state index < -0.39 is 24.1 Å². The van der Waals surface area contributed by atoms with E-state index in [0.29, 0.717) is 0 Å². The van der Waals surface area contributed by atoms with Crippen LogP contribution in [0.5, 0.6) is 5.75 Å². The number of benzene rings is 1. The third-order valence-electron chi connectivity index (χ3n) is 1.81. The second kappa shape index (κ2) is 4.80. The maximum Gasteiger partial charge on any atom is 0.573 e. The van der Waals surface area contributed by atoms with Gasteiger partial charge >= 0.3 is 12.3 Å². The molecule has 0 aliphatic carbocycles. The number of aliphatic carboxylic acids is 1. The lowest BCUT2D eigenvalue weighted by Crippen LogP contribution is -2.21. The number of carboxylic acid groups (broad SMARTS) is 1. The molecule has 0 aliphatic heterocycles. The van der Waals surface area contributed by atoms with Crippen molar-refractivity contribution in [3.8, 4) is 5.75 Å². The summed E-state index contributed by atoms with van der Waals surface area (Å²) in [5, 5.41) is 8.24. The number of carboxylic acids is 1. The SMILES string of the molecule is NC(C(=O)O)c1ccc(OC(F)(F)F)c(Cl)c1. The summed E-state index contributed by atoms with van der Waals surface area (Å²) in [5.74, 6) is -1.92. The van der Waals surface area contributed by atoms with Gasteiger partial charge in [-0.3, -0.25) is 4.79 Å². The average molecular weight is 270 g/mol. The molecule has 0 heterocycles. The molecule has 4 nitrogen and oxygen atoms in total. The first-order valence-corrected chi connectivity index (χ1v) is 4.62. The van der Waals surface area contributed by atoms with Gasteiger partial charge < -0.3 is 15.6 Å². The highest BCUT2D eigenvalue weighted by atomic mass is 35.5. The van der Waals surface area contributed by atoms with E-state index >= 15 is 0 Å². The molecule has 0 amide bonds. The number of rotatable bonds is 3. The first-order valence-electron chi connectivity index (χ1n) is 4.24. The highest BCUT2D eigenvalue weighted by Crippen LogP contribution is 2.31. The molecular formula is C9H7ClF3NO3. The molecular weight excluding hydrogens is 263 g/mol. The summed E-state index contributed by atoms with van der Waals surface area (Å²) in [4.78, 5) is 10.5. The molecule has 0 radical (unpaired) electrons. The van der Waals surface area contributed by atoms with Gasteiger partial charge in [0.2, 0.25) is 0 Å². The standard InChI is InChI=1S/C9H7ClF3NO3/c10-5-3-4(7(14)8(15)16)1-2-6(5)17-9(11,12)13/h1-3,7H,14H2,(H,15,16). The number of ether oxygens (including phenoxy) is 1. The Bertz CT molecular complexity index is 436. The molecule has 0 aliphatic rings. The molecule has 0 saturated heterocycles. The molecule has 8 heteroatoms. The van der Waals surface area contributed by atoms with Crippen molar-refractivity contribution in [3.05, 3.63) is 28.8 Å². The quantitative estimate of drug-likeness (QED) is 0.883. The number of nitrogens with two attached hydrogens (primary N) is 1. The summed E-state index contributed by atoms with van der Waals surface area (Å²) in [6.45, 7) is 0.